The number of fused-ring (bicyclic) bond motifs is 1. The molecule has 22 heavy (non-hydrogen) atoms. The molecule has 5 heteroatoms. The van der Waals surface area contributed by atoms with Crippen LogP contribution in [0.25, 0.3) is 10.8 Å². The van der Waals surface area contributed by atoms with Crippen molar-refractivity contribution in [1.82, 2.24) is 15.3 Å². The van der Waals surface area contributed by atoms with Crippen LogP contribution in [0.2, 0.25) is 0 Å². The topological polar surface area (TPSA) is 75.1 Å². The average Bonchev–Trinajstić information content (AvgIpc) is 2.59. The van der Waals surface area contributed by atoms with Crippen LogP contribution in [0.15, 0.2) is 61.1 Å². The minimum absolute atomic E-state index is 0.119. The van der Waals surface area contributed by atoms with Crippen molar-refractivity contribution in [3.63, 3.8) is 0 Å². The Bertz CT molecular complexity index is 790. The molecule has 3 rings (SSSR count). The van der Waals surface area contributed by atoms with Crippen molar-refractivity contribution in [3.05, 3.63) is 72.3 Å². The predicted octanol–water partition coefficient (Wildman–Crippen LogP) is 2.09. The van der Waals surface area contributed by atoms with E-state index in [4.69, 9.17) is 0 Å². The summed E-state index contributed by atoms with van der Waals surface area (Å²) in [5.41, 5.74) is 0.992. The van der Waals surface area contributed by atoms with Gasteiger partial charge in [-0.1, -0.05) is 36.4 Å². The van der Waals surface area contributed by atoms with Crippen molar-refractivity contribution in [2.75, 3.05) is 6.54 Å². The van der Waals surface area contributed by atoms with Crippen LogP contribution in [-0.4, -0.2) is 27.5 Å². The van der Waals surface area contributed by atoms with Crippen LogP contribution in [0.4, 0.5) is 0 Å². The van der Waals surface area contributed by atoms with Gasteiger partial charge in [0, 0.05) is 18.9 Å². The summed E-state index contributed by atoms with van der Waals surface area (Å²) in [5.74, 6) is -0.354. The zero-order chi connectivity index (χ0) is 15.4. The number of rotatable bonds is 4. The smallest absolute Gasteiger partial charge is 0.271 e. The van der Waals surface area contributed by atoms with Crippen LogP contribution in [0.5, 0.6) is 0 Å². The number of hydrogen-bond donors (Lipinski definition) is 2. The van der Waals surface area contributed by atoms with Crippen LogP contribution in [0.1, 0.15) is 22.2 Å². The SMILES string of the molecule is O=C(NCC(O)c1ccc2ccccc2c1)c1cnccn1. The van der Waals surface area contributed by atoms with E-state index in [-0.39, 0.29) is 18.1 Å². The van der Waals surface area contributed by atoms with Gasteiger partial charge in [-0.2, -0.15) is 0 Å². The van der Waals surface area contributed by atoms with Gasteiger partial charge < -0.3 is 10.4 Å². The Morgan fingerprint density at radius 1 is 1.14 bits per heavy atom. The summed E-state index contributed by atoms with van der Waals surface area (Å²) in [6, 6.07) is 13.7. The fourth-order valence-corrected chi connectivity index (χ4v) is 2.23. The number of aromatic nitrogens is 2. The molecule has 0 bridgehead atoms. The van der Waals surface area contributed by atoms with Crippen molar-refractivity contribution in [2.45, 2.75) is 6.10 Å². The van der Waals surface area contributed by atoms with Crippen molar-refractivity contribution in [2.24, 2.45) is 0 Å². The van der Waals surface area contributed by atoms with Crippen LogP contribution < -0.4 is 5.32 Å². The average molecular weight is 293 g/mol. The second-order valence-corrected chi connectivity index (χ2v) is 4.92. The van der Waals surface area contributed by atoms with Crippen LogP contribution in [0, 0.1) is 0 Å². The van der Waals surface area contributed by atoms with Gasteiger partial charge in [0.1, 0.15) is 5.69 Å². The van der Waals surface area contributed by atoms with Gasteiger partial charge in [0.15, 0.2) is 0 Å². The van der Waals surface area contributed by atoms with Gasteiger partial charge in [-0.05, 0) is 22.4 Å². The molecular formula is C17H15N3O2. The number of hydrogen-bond acceptors (Lipinski definition) is 4. The summed E-state index contributed by atoms with van der Waals surface area (Å²) in [6.45, 7) is 0.119. The fraction of sp³-hybridized carbons (Fsp3) is 0.118. The highest BCUT2D eigenvalue weighted by atomic mass is 16.3. The molecule has 1 unspecified atom stereocenters. The van der Waals surface area contributed by atoms with E-state index in [1.807, 2.05) is 42.5 Å². The highest BCUT2D eigenvalue weighted by molar-refractivity contribution is 5.91. The molecule has 2 aromatic carbocycles. The lowest BCUT2D eigenvalue weighted by Crippen LogP contribution is -2.29. The van der Waals surface area contributed by atoms with E-state index < -0.39 is 6.10 Å². The van der Waals surface area contributed by atoms with Crippen LogP contribution >= 0.6 is 0 Å². The maximum absolute atomic E-state index is 11.9. The normalized spacial score (nSPS) is 12.0. The van der Waals surface area contributed by atoms with Gasteiger partial charge in [0.25, 0.3) is 5.91 Å². The molecule has 0 fully saturated rings. The summed E-state index contributed by atoms with van der Waals surface area (Å²) in [6.07, 6.45) is 3.57. The van der Waals surface area contributed by atoms with Gasteiger partial charge in [-0.25, -0.2) is 4.98 Å². The Balaban J connectivity index is 1.68. The number of carbonyl (C=O) groups is 1. The molecule has 0 spiro atoms. The molecule has 5 nitrogen and oxygen atoms in total. The third-order valence-corrected chi connectivity index (χ3v) is 3.41. The first kappa shape index (κ1) is 14.2. The second kappa shape index (κ2) is 6.32. The molecular weight excluding hydrogens is 278 g/mol. The fourth-order valence-electron chi connectivity index (χ4n) is 2.23. The quantitative estimate of drug-likeness (QED) is 0.772. The lowest BCUT2D eigenvalue weighted by molar-refractivity contribution is 0.0911. The second-order valence-electron chi connectivity index (χ2n) is 4.92. The van der Waals surface area contributed by atoms with Gasteiger partial charge in [0.2, 0.25) is 0 Å². The van der Waals surface area contributed by atoms with Crippen molar-refractivity contribution < 1.29 is 9.90 Å². The first-order chi connectivity index (χ1) is 10.7. The first-order valence-electron chi connectivity index (χ1n) is 6.95. The lowest BCUT2D eigenvalue weighted by Gasteiger charge is -2.13. The van der Waals surface area contributed by atoms with Crippen LogP contribution in [-0.2, 0) is 0 Å². The molecule has 1 amide bonds. The van der Waals surface area contributed by atoms with E-state index in [2.05, 4.69) is 15.3 Å². The highest BCUT2D eigenvalue weighted by Gasteiger charge is 2.12. The molecule has 0 saturated heterocycles. The number of aliphatic hydroxyl groups is 1. The van der Waals surface area contributed by atoms with Gasteiger partial charge in [0.05, 0.1) is 12.3 Å². The molecule has 1 atom stereocenters. The summed E-state index contributed by atoms with van der Waals surface area (Å²) < 4.78 is 0. The number of nitrogens with one attached hydrogen (secondary N) is 1. The molecule has 0 radical (unpaired) electrons. The van der Waals surface area contributed by atoms with E-state index in [1.54, 1.807) is 0 Å². The monoisotopic (exact) mass is 293 g/mol. The Morgan fingerprint density at radius 2 is 1.95 bits per heavy atom. The minimum atomic E-state index is -0.773. The highest BCUT2D eigenvalue weighted by Crippen LogP contribution is 2.20. The van der Waals surface area contributed by atoms with Crippen molar-refractivity contribution >= 4 is 16.7 Å². The number of nitrogens with zero attached hydrogens (tertiary/aromatic N) is 2. The summed E-state index contributed by atoms with van der Waals surface area (Å²) >= 11 is 0. The van der Waals surface area contributed by atoms with Gasteiger partial charge in [-0.15, -0.1) is 0 Å². The van der Waals surface area contributed by atoms with E-state index in [0.29, 0.717) is 0 Å². The van der Waals surface area contributed by atoms with E-state index in [0.717, 1.165) is 16.3 Å². The Labute approximate surface area is 127 Å². The molecule has 3 aromatic rings. The largest absolute Gasteiger partial charge is 0.387 e. The number of benzene rings is 2. The summed E-state index contributed by atoms with van der Waals surface area (Å²) in [4.78, 5) is 19.6. The Hall–Kier alpha value is -2.79. The standard InChI is InChI=1S/C17H15N3O2/c21-16(11-20-17(22)15-10-18-7-8-19-15)14-6-5-12-3-1-2-4-13(12)9-14/h1-10,16,21H,11H2,(H,20,22). The number of aliphatic hydroxyl groups excluding tert-OH is 1. The Morgan fingerprint density at radius 3 is 2.73 bits per heavy atom. The maximum atomic E-state index is 11.9. The molecule has 2 N–H and O–H groups in total. The molecule has 0 aliphatic rings. The predicted molar refractivity (Wildman–Crippen MR) is 83.3 cm³/mol. The summed E-state index contributed by atoms with van der Waals surface area (Å²) in [7, 11) is 0. The Kier molecular flexibility index (Phi) is 4.07. The lowest BCUT2D eigenvalue weighted by atomic mass is 10.0. The zero-order valence-electron chi connectivity index (χ0n) is 11.8. The van der Waals surface area contributed by atoms with Crippen molar-refractivity contribution in [1.29, 1.82) is 0 Å². The minimum Gasteiger partial charge on any atom is -0.387 e. The number of carbonyl (C=O) groups excluding carboxylic acids is 1. The van der Waals surface area contributed by atoms with E-state index >= 15 is 0 Å². The molecule has 110 valence electrons. The maximum Gasteiger partial charge on any atom is 0.271 e. The third-order valence-electron chi connectivity index (χ3n) is 3.41. The first-order valence-corrected chi connectivity index (χ1v) is 6.95. The molecule has 0 saturated carbocycles. The number of amides is 1. The van der Waals surface area contributed by atoms with Gasteiger partial charge >= 0.3 is 0 Å². The summed E-state index contributed by atoms with van der Waals surface area (Å²) in [5, 5.41) is 15.0. The van der Waals surface area contributed by atoms with E-state index in [1.165, 1.54) is 18.6 Å². The third kappa shape index (κ3) is 3.10. The molecule has 0 aliphatic heterocycles. The van der Waals surface area contributed by atoms with E-state index in [9.17, 15) is 9.90 Å². The molecule has 1 aromatic heterocycles. The van der Waals surface area contributed by atoms with Gasteiger partial charge in [-0.3, -0.25) is 9.78 Å². The van der Waals surface area contributed by atoms with Crippen molar-refractivity contribution in [3.8, 4) is 0 Å². The van der Waals surface area contributed by atoms with Crippen LogP contribution in [0.3, 0.4) is 0 Å². The molecule has 1 heterocycles. The molecule has 0 aliphatic carbocycles. The zero-order valence-corrected chi connectivity index (χ0v) is 11.8.